The summed E-state index contributed by atoms with van der Waals surface area (Å²) in [4.78, 5) is 23.5. The molecule has 0 fully saturated rings. The lowest BCUT2D eigenvalue weighted by Crippen LogP contribution is -2.30. The van der Waals surface area contributed by atoms with Crippen molar-refractivity contribution in [3.63, 3.8) is 0 Å². The number of hydrogen-bond acceptors (Lipinski definition) is 3. The molecule has 0 saturated carbocycles. The zero-order valence-corrected chi connectivity index (χ0v) is 13.4. The van der Waals surface area contributed by atoms with Crippen molar-refractivity contribution < 1.29 is 27.5 Å². The first-order valence-corrected chi connectivity index (χ1v) is 7.43. The lowest BCUT2D eigenvalue weighted by atomic mass is 10.1. The first kappa shape index (κ1) is 18.5. The van der Waals surface area contributed by atoms with Crippen molar-refractivity contribution in [1.82, 2.24) is 5.32 Å². The Hall–Kier alpha value is -2.83. The third-order valence-corrected chi connectivity index (χ3v) is 3.52. The molecular formula is C18H16F3NO3. The number of carbonyl (C=O) groups is 2. The van der Waals surface area contributed by atoms with Gasteiger partial charge >= 0.3 is 12.1 Å². The van der Waals surface area contributed by atoms with Gasteiger partial charge in [0.05, 0.1) is 5.56 Å². The lowest BCUT2D eigenvalue weighted by Gasteiger charge is -2.09. The van der Waals surface area contributed by atoms with Crippen LogP contribution in [0.15, 0.2) is 48.5 Å². The molecule has 0 heterocycles. The molecule has 0 aliphatic heterocycles. The summed E-state index contributed by atoms with van der Waals surface area (Å²) in [5, 5.41) is 2.31. The number of nitrogens with one attached hydrogen (secondary N) is 1. The monoisotopic (exact) mass is 351 g/mol. The Bertz CT molecular complexity index is 755. The highest BCUT2D eigenvalue weighted by atomic mass is 19.4. The van der Waals surface area contributed by atoms with E-state index < -0.39 is 23.6 Å². The molecule has 4 nitrogen and oxygen atoms in total. The molecule has 7 heteroatoms. The molecule has 0 aliphatic carbocycles. The lowest BCUT2D eigenvalue weighted by molar-refractivity contribution is -0.143. The van der Waals surface area contributed by atoms with Gasteiger partial charge in [0.1, 0.15) is 13.2 Å². The molecule has 25 heavy (non-hydrogen) atoms. The van der Waals surface area contributed by atoms with E-state index in [9.17, 15) is 22.8 Å². The molecule has 1 amide bonds. The van der Waals surface area contributed by atoms with Crippen LogP contribution < -0.4 is 5.32 Å². The summed E-state index contributed by atoms with van der Waals surface area (Å²) in [6.07, 6.45) is -4.46. The molecule has 0 saturated heterocycles. The van der Waals surface area contributed by atoms with E-state index in [1.807, 2.05) is 31.2 Å². The number of carbonyl (C=O) groups excluding carboxylic acids is 2. The average molecular weight is 351 g/mol. The van der Waals surface area contributed by atoms with Crippen LogP contribution in [0.25, 0.3) is 0 Å². The van der Waals surface area contributed by atoms with E-state index in [0.29, 0.717) is 0 Å². The van der Waals surface area contributed by atoms with Gasteiger partial charge < -0.3 is 10.1 Å². The van der Waals surface area contributed by atoms with Crippen molar-refractivity contribution in [3.05, 3.63) is 70.8 Å². The Kier molecular flexibility index (Phi) is 5.80. The Morgan fingerprint density at radius 3 is 2.28 bits per heavy atom. The maximum atomic E-state index is 12.5. The molecule has 2 rings (SSSR count). The molecule has 0 unspecified atom stereocenters. The number of benzene rings is 2. The van der Waals surface area contributed by atoms with Gasteiger partial charge in [-0.05, 0) is 42.3 Å². The quantitative estimate of drug-likeness (QED) is 0.839. The predicted octanol–water partition coefficient (Wildman–Crippen LogP) is 3.49. The SMILES string of the molecule is Cc1ccccc1COC(=O)CNC(=O)c1ccc(C(F)(F)F)cc1. The first-order chi connectivity index (χ1) is 11.8. The smallest absolute Gasteiger partial charge is 0.416 e. The number of halogens is 3. The van der Waals surface area contributed by atoms with E-state index in [-0.39, 0.29) is 18.7 Å². The molecule has 2 aromatic carbocycles. The van der Waals surface area contributed by atoms with Crippen molar-refractivity contribution in [2.24, 2.45) is 0 Å². The Morgan fingerprint density at radius 1 is 1.04 bits per heavy atom. The molecule has 2 aromatic rings. The van der Waals surface area contributed by atoms with E-state index >= 15 is 0 Å². The zero-order valence-electron chi connectivity index (χ0n) is 13.4. The van der Waals surface area contributed by atoms with E-state index in [1.165, 1.54) is 0 Å². The van der Waals surface area contributed by atoms with Crippen molar-refractivity contribution in [1.29, 1.82) is 0 Å². The second kappa shape index (κ2) is 7.83. The van der Waals surface area contributed by atoms with Gasteiger partial charge in [-0.3, -0.25) is 9.59 Å². The normalized spacial score (nSPS) is 11.0. The van der Waals surface area contributed by atoms with Gasteiger partial charge in [0.2, 0.25) is 0 Å². The van der Waals surface area contributed by atoms with Gasteiger partial charge in [-0.2, -0.15) is 13.2 Å². The maximum absolute atomic E-state index is 12.5. The molecule has 0 atom stereocenters. The standard InChI is InChI=1S/C18H16F3NO3/c1-12-4-2-3-5-14(12)11-25-16(23)10-22-17(24)13-6-8-15(9-7-13)18(19,20)21/h2-9H,10-11H2,1H3,(H,22,24). The largest absolute Gasteiger partial charge is 0.459 e. The number of ether oxygens (including phenoxy) is 1. The number of hydrogen-bond donors (Lipinski definition) is 1. The molecule has 0 aromatic heterocycles. The van der Waals surface area contributed by atoms with Gasteiger partial charge in [0, 0.05) is 5.56 Å². The molecular weight excluding hydrogens is 335 g/mol. The fourth-order valence-electron chi connectivity index (χ4n) is 2.05. The summed E-state index contributed by atoms with van der Waals surface area (Å²) >= 11 is 0. The van der Waals surface area contributed by atoms with Crippen LogP contribution in [0.2, 0.25) is 0 Å². The highest BCUT2D eigenvalue weighted by Crippen LogP contribution is 2.29. The average Bonchev–Trinajstić information content (AvgIpc) is 2.58. The Labute approximate surface area is 142 Å². The topological polar surface area (TPSA) is 55.4 Å². The third kappa shape index (κ3) is 5.34. The summed E-state index contributed by atoms with van der Waals surface area (Å²) in [7, 11) is 0. The summed E-state index contributed by atoms with van der Waals surface area (Å²) in [6, 6.07) is 11.1. The maximum Gasteiger partial charge on any atom is 0.416 e. The number of amides is 1. The van der Waals surface area contributed by atoms with Gasteiger partial charge in [-0.15, -0.1) is 0 Å². The van der Waals surface area contributed by atoms with Crippen LogP contribution in [0.5, 0.6) is 0 Å². The minimum absolute atomic E-state index is 0.0275. The summed E-state index contributed by atoms with van der Waals surface area (Å²) in [6.45, 7) is 1.60. The highest BCUT2D eigenvalue weighted by molar-refractivity contribution is 5.95. The van der Waals surface area contributed by atoms with Gasteiger partial charge in [-0.25, -0.2) is 0 Å². The third-order valence-electron chi connectivity index (χ3n) is 3.52. The summed E-state index contributed by atoms with van der Waals surface area (Å²) in [5.74, 6) is -1.29. The molecule has 0 bridgehead atoms. The second-order valence-electron chi connectivity index (χ2n) is 5.34. The summed E-state index contributed by atoms with van der Waals surface area (Å²) < 4.78 is 42.5. The Morgan fingerprint density at radius 2 is 1.68 bits per heavy atom. The van der Waals surface area contributed by atoms with Crippen LogP contribution in [-0.2, 0) is 22.3 Å². The first-order valence-electron chi connectivity index (χ1n) is 7.43. The van der Waals surface area contributed by atoms with Gasteiger partial charge in [0.15, 0.2) is 0 Å². The van der Waals surface area contributed by atoms with Gasteiger partial charge in [-0.1, -0.05) is 24.3 Å². The molecule has 1 N–H and O–H groups in total. The van der Waals surface area contributed by atoms with E-state index in [0.717, 1.165) is 35.4 Å². The van der Waals surface area contributed by atoms with Crippen molar-refractivity contribution in [2.75, 3.05) is 6.54 Å². The van der Waals surface area contributed by atoms with E-state index in [4.69, 9.17) is 4.74 Å². The number of rotatable bonds is 5. The fourth-order valence-corrected chi connectivity index (χ4v) is 2.05. The van der Waals surface area contributed by atoms with Crippen molar-refractivity contribution >= 4 is 11.9 Å². The molecule has 0 spiro atoms. The van der Waals surface area contributed by atoms with Gasteiger partial charge in [0.25, 0.3) is 5.91 Å². The van der Waals surface area contributed by atoms with Crippen LogP contribution in [0.4, 0.5) is 13.2 Å². The minimum Gasteiger partial charge on any atom is -0.459 e. The van der Waals surface area contributed by atoms with Crippen LogP contribution in [-0.4, -0.2) is 18.4 Å². The van der Waals surface area contributed by atoms with Crippen LogP contribution in [0.3, 0.4) is 0 Å². The molecule has 132 valence electrons. The van der Waals surface area contributed by atoms with Crippen LogP contribution >= 0.6 is 0 Å². The van der Waals surface area contributed by atoms with E-state index in [2.05, 4.69) is 5.32 Å². The summed E-state index contributed by atoms with van der Waals surface area (Å²) in [5.41, 5.74) is 1.01. The minimum atomic E-state index is -4.46. The van der Waals surface area contributed by atoms with Crippen molar-refractivity contribution in [2.45, 2.75) is 19.7 Å². The van der Waals surface area contributed by atoms with Crippen LogP contribution in [0, 0.1) is 6.92 Å². The highest BCUT2D eigenvalue weighted by Gasteiger charge is 2.30. The van der Waals surface area contributed by atoms with Crippen LogP contribution in [0.1, 0.15) is 27.0 Å². The second-order valence-corrected chi connectivity index (χ2v) is 5.34. The predicted molar refractivity (Wildman–Crippen MR) is 84.8 cm³/mol. The fraction of sp³-hybridized carbons (Fsp3) is 0.222. The van der Waals surface area contributed by atoms with Crippen molar-refractivity contribution in [3.8, 4) is 0 Å². The Balaban J connectivity index is 1.83. The molecule has 0 radical (unpaired) electrons. The van der Waals surface area contributed by atoms with E-state index in [1.54, 1.807) is 0 Å². The number of alkyl halides is 3. The number of esters is 1. The number of aryl methyl sites for hydroxylation is 1. The molecule has 0 aliphatic rings. The zero-order chi connectivity index (χ0) is 18.4.